The molecule has 1 aliphatic carbocycles. The molecule has 1 amide bonds. The van der Waals surface area contributed by atoms with Crippen LogP contribution in [-0.2, 0) is 4.79 Å². The number of aliphatic hydroxyl groups excluding tert-OH is 1. The van der Waals surface area contributed by atoms with Crippen LogP contribution in [0.15, 0.2) is 63.3 Å². The standard InChI is InChI=1S/C21H23NO5/c23-17(14-22-20(24)12-15-4-2-1-3-5-15)10-11-26-18-8-6-16-7-9-21(25)27-19(16)13-18/h2,4-9,13,17,23H,1,3,10-12,14H2,(H,22,24). The van der Waals surface area contributed by atoms with Gasteiger partial charge < -0.3 is 19.6 Å². The zero-order chi connectivity index (χ0) is 19.1. The molecule has 0 bridgehead atoms. The molecule has 3 rings (SSSR count). The number of hydrogen-bond donors (Lipinski definition) is 2. The maximum Gasteiger partial charge on any atom is 0.336 e. The van der Waals surface area contributed by atoms with Crippen molar-refractivity contribution in [2.75, 3.05) is 13.2 Å². The highest BCUT2D eigenvalue weighted by atomic mass is 16.5. The van der Waals surface area contributed by atoms with E-state index >= 15 is 0 Å². The summed E-state index contributed by atoms with van der Waals surface area (Å²) in [6.45, 7) is 0.472. The quantitative estimate of drug-likeness (QED) is 0.699. The van der Waals surface area contributed by atoms with Gasteiger partial charge in [0.15, 0.2) is 0 Å². The summed E-state index contributed by atoms with van der Waals surface area (Å²) in [4.78, 5) is 23.2. The summed E-state index contributed by atoms with van der Waals surface area (Å²) in [7, 11) is 0. The number of allylic oxidation sites excluding steroid dienone is 3. The molecule has 0 fully saturated rings. The molecule has 0 saturated heterocycles. The first-order valence-corrected chi connectivity index (χ1v) is 9.07. The van der Waals surface area contributed by atoms with Gasteiger partial charge in [0.05, 0.1) is 19.1 Å². The Morgan fingerprint density at radius 2 is 2.11 bits per heavy atom. The zero-order valence-corrected chi connectivity index (χ0v) is 15.0. The second-order valence-corrected chi connectivity index (χ2v) is 6.48. The van der Waals surface area contributed by atoms with E-state index in [9.17, 15) is 14.7 Å². The highest BCUT2D eigenvalue weighted by Gasteiger charge is 2.10. The summed E-state index contributed by atoms with van der Waals surface area (Å²) in [5.74, 6) is 0.460. The molecule has 1 aromatic carbocycles. The number of ether oxygens (including phenoxy) is 1. The molecule has 0 saturated carbocycles. The van der Waals surface area contributed by atoms with Crippen LogP contribution in [0.5, 0.6) is 5.75 Å². The van der Waals surface area contributed by atoms with Gasteiger partial charge in [-0.05, 0) is 36.6 Å². The van der Waals surface area contributed by atoms with E-state index in [1.807, 2.05) is 6.08 Å². The monoisotopic (exact) mass is 369 g/mol. The Hall–Kier alpha value is -2.86. The normalized spacial score (nSPS) is 14.6. The maximum absolute atomic E-state index is 11.9. The summed E-state index contributed by atoms with van der Waals surface area (Å²) in [5, 5.41) is 13.6. The van der Waals surface area contributed by atoms with E-state index in [1.54, 1.807) is 24.3 Å². The molecular formula is C21H23NO5. The topological polar surface area (TPSA) is 88.8 Å². The van der Waals surface area contributed by atoms with Gasteiger partial charge in [-0.3, -0.25) is 4.79 Å². The smallest absolute Gasteiger partial charge is 0.336 e. The predicted octanol–water partition coefficient (Wildman–Crippen LogP) is 2.71. The highest BCUT2D eigenvalue weighted by molar-refractivity contribution is 5.79. The minimum Gasteiger partial charge on any atom is -0.493 e. The summed E-state index contributed by atoms with van der Waals surface area (Å²) >= 11 is 0. The van der Waals surface area contributed by atoms with Gasteiger partial charge in [-0.25, -0.2) is 4.79 Å². The largest absolute Gasteiger partial charge is 0.493 e. The van der Waals surface area contributed by atoms with Crippen LogP contribution in [0.4, 0.5) is 0 Å². The minimum atomic E-state index is -0.691. The van der Waals surface area contributed by atoms with Gasteiger partial charge in [-0.2, -0.15) is 0 Å². The number of aliphatic hydroxyl groups is 1. The van der Waals surface area contributed by atoms with Gasteiger partial charge in [0.1, 0.15) is 11.3 Å². The molecule has 6 nitrogen and oxygen atoms in total. The minimum absolute atomic E-state index is 0.0997. The van der Waals surface area contributed by atoms with E-state index in [1.165, 1.54) is 6.07 Å². The van der Waals surface area contributed by atoms with Gasteiger partial charge >= 0.3 is 5.63 Å². The lowest BCUT2D eigenvalue weighted by molar-refractivity contribution is -0.120. The number of benzene rings is 1. The van der Waals surface area contributed by atoms with Crippen molar-refractivity contribution < 1.29 is 19.1 Å². The number of fused-ring (bicyclic) bond motifs is 1. The molecule has 2 N–H and O–H groups in total. The van der Waals surface area contributed by atoms with Crippen LogP contribution < -0.4 is 15.7 Å². The van der Waals surface area contributed by atoms with Gasteiger partial charge in [-0.15, -0.1) is 0 Å². The summed E-state index contributed by atoms with van der Waals surface area (Å²) in [6, 6.07) is 8.29. The van der Waals surface area contributed by atoms with E-state index < -0.39 is 11.7 Å². The van der Waals surface area contributed by atoms with Crippen LogP contribution in [-0.4, -0.2) is 30.3 Å². The average Bonchev–Trinajstić information content (AvgIpc) is 2.67. The fourth-order valence-corrected chi connectivity index (χ4v) is 2.82. The summed E-state index contributed by atoms with van der Waals surface area (Å²) in [6.07, 6.45) is 8.11. The molecular weight excluding hydrogens is 346 g/mol. The number of nitrogens with one attached hydrogen (secondary N) is 1. The fourth-order valence-electron chi connectivity index (χ4n) is 2.82. The second-order valence-electron chi connectivity index (χ2n) is 6.48. The van der Waals surface area contributed by atoms with E-state index in [4.69, 9.17) is 9.15 Å². The summed E-state index contributed by atoms with van der Waals surface area (Å²) < 4.78 is 10.7. The highest BCUT2D eigenvalue weighted by Crippen LogP contribution is 2.19. The van der Waals surface area contributed by atoms with Crippen LogP contribution in [0.25, 0.3) is 11.0 Å². The lowest BCUT2D eigenvalue weighted by Gasteiger charge is -2.13. The molecule has 0 aliphatic heterocycles. The van der Waals surface area contributed by atoms with Crippen LogP contribution >= 0.6 is 0 Å². The summed E-state index contributed by atoms with van der Waals surface area (Å²) in [5.41, 5.74) is 1.06. The van der Waals surface area contributed by atoms with E-state index in [2.05, 4.69) is 17.5 Å². The Balaban J connectivity index is 1.39. The molecule has 1 aromatic heterocycles. The van der Waals surface area contributed by atoms with Crippen LogP contribution in [0.2, 0.25) is 0 Å². The SMILES string of the molecule is O=C(CC1=CCCC=C1)NCC(O)CCOc1ccc2ccc(=O)oc2c1. The number of rotatable bonds is 8. The van der Waals surface area contributed by atoms with E-state index in [0.29, 0.717) is 24.2 Å². The third-order valence-corrected chi connectivity index (χ3v) is 4.29. The molecule has 0 spiro atoms. The van der Waals surface area contributed by atoms with Crippen molar-refractivity contribution in [3.8, 4) is 5.75 Å². The molecule has 1 aliphatic rings. The lowest BCUT2D eigenvalue weighted by Crippen LogP contribution is -2.33. The first-order chi connectivity index (χ1) is 13.1. The molecule has 2 aromatic rings. The first-order valence-electron chi connectivity index (χ1n) is 9.07. The van der Waals surface area contributed by atoms with Gasteiger partial charge in [0.2, 0.25) is 5.91 Å². The van der Waals surface area contributed by atoms with Crippen molar-refractivity contribution >= 4 is 16.9 Å². The zero-order valence-electron chi connectivity index (χ0n) is 15.0. The van der Waals surface area contributed by atoms with Crippen molar-refractivity contribution in [1.29, 1.82) is 0 Å². The Morgan fingerprint density at radius 1 is 1.26 bits per heavy atom. The van der Waals surface area contributed by atoms with Crippen molar-refractivity contribution in [3.63, 3.8) is 0 Å². The second kappa shape index (κ2) is 9.19. The number of carbonyl (C=O) groups excluding carboxylic acids is 1. The van der Waals surface area contributed by atoms with Crippen molar-refractivity contribution in [1.82, 2.24) is 5.32 Å². The Labute approximate surface area is 157 Å². The van der Waals surface area contributed by atoms with Gasteiger partial charge in [-0.1, -0.05) is 18.2 Å². The molecule has 1 unspecified atom stereocenters. The first kappa shape index (κ1) is 18.9. The van der Waals surface area contributed by atoms with Crippen molar-refractivity contribution in [2.24, 2.45) is 0 Å². The Morgan fingerprint density at radius 3 is 2.93 bits per heavy atom. The molecule has 142 valence electrons. The molecule has 0 radical (unpaired) electrons. The molecule has 1 atom stereocenters. The van der Waals surface area contributed by atoms with Crippen LogP contribution in [0, 0.1) is 0 Å². The number of hydrogen-bond acceptors (Lipinski definition) is 5. The molecule has 6 heteroatoms. The average molecular weight is 369 g/mol. The third kappa shape index (κ3) is 5.82. The number of amides is 1. The Bertz CT molecular complexity index is 912. The fraction of sp³-hybridized carbons (Fsp3) is 0.333. The maximum atomic E-state index is 11.9. The lowest BCUT2D eigenvalue weighted by atomic mass is 10.0. The Kier molecular flexibility index (Phi) is 6.44. The van der Waals surface area contributed by atoms with Crippen LogP contribution in [0.3, 0.4) is 0 Å². The third-order valence-electron chi connectivity index (χ3n) is 4.29. The number of carbonyl (C=O) groups is 1. The van der Waals surface area contributed by atoms with E-state index in [0.717, 1.165) is 23.8 Å². The molecule has 1 heterocycles. The molecule has 27 heavy (non-hydrogen) atoms. The van der Waals surface area contributed by atoms with Crippen molar-refractivity contribution in [3.05, 3.63) is 64.6 Å². The van der Waals surface area contributed by atoms with Crippen LogP contribution in [0.1, 0.15) is 25.7 Å². The van der Waals surface area contributed by atoms with Crippen molar-refractivity contribution in [2.45, 2.75) is 31.8 Å². The van der Waals surface area contributed by atoms with E-state index in [-0.39, 0.29) is 19.1 Å². The predicted molar refractivity (Wildman–Crippen MR) is 103 cm³/mol. The van der Waals surface area contributed by atoms with Gasteiger partial charge in [0, 0.05) is 30.5 Å². The van der Waals surface area contributed by atoms with Gasteiger partial charge in [0.25, 0.3) is 0 Å².